The summed E-state index contributed by atoms with van der Waals surface area (Å²) in [6.45, 7) is 0.797. The number of pyridine rings is 2. The summed E-state index contributed by atoms with van der Waals surface area (Å²) in [5.74, 6) is 0.541. The molecule has 2 N–H and O–H groups in total. The van der Waals surface area contributed by atoms with E-state index in [1.165, 1.54) is 17.1 Å². The molecule has 0 spiro atoms. The van der Waals surface area contributed by atoms with Crippen molar-refractivity contribution < 1.29 is 9.53 Å². The van der Waals surface area contributed by atoms with Crippen molar-refractivity contribution in [3.8, 4) is 5.88 Å². The fourth-order valence-corrected chi connectivity index (χ4v) is 4.75. The van der Waals surface area contributed by atoms with Crippen molar-refractivity contribution >= 4 is 44.4 Å². The fraction of sp³-hybridized carbons (Fsp3) is 0.348. The van der Waals surface area contributed by atoms with Crippen LogP contribution >= 0.6 is 11.5 Å². The highest BCUT2D eigenvalue weighted by Crippen LogP contribution is 2.28. The lowest BCUT2D eigenvalue weighted by Gasteiger charge is -2.28. The minimum Gasteiger partial charge on any atom is -0.481 e. The van der Waals surface area contributed by atoms with E-state index in [9.17, 15) is 4.79 Å². The molecule has 1 fully saturated rings. The molecule has 164 valence electrons. The maximum Gasteiger partial charge on any atom is 0.227 e. The molecule has 1 aliphatic rings. The third-order valence-corrected chi connectivity index (χ3v) is 6.73. The lowest BCUT2D eigenvalue weighted by Crippen LogP contribution is -2.36. The Balaban J connectivity index is 1.16. The van der Waals surface area contributed by atoms with E-state index in [0.717, 1.165) is 48.0 Å². The average Bonchev–Trinajstić information content (AvgIpc) is 3.31. The Morgan fingerprint density at radius 3 is 2.84 bits per heavy atom. The third-order valence-electron chi connectivity index (χ3n) is 6.03. The van der Waals surface area contributed by atoms with Gasteiger partial charge >= 0.3 is 0 Å². The first-order valence-corrected chi connectivity index (χ1v) is 11.5. The first kappa shape index (κ1) is 20.7. The van der Waals surface area contributed by atoms with Gasteiger partial charge in [0.2, 0.25) is 11.8 Å². The molecule has 9 heteroatoms. The molecule has 0 aliphatic heterocycles. The summed E-state index contributed by atoms with van der Waals surface area (Å²) in [4.78, 5) is 21.7. The highest BCUT2D eigenvalue weighted by atomic mass is 32.1. The van der Waals surface area contributed by atoms with Crippen molar-refractivity contribution in [3.63, 3.8) is 0 Å². The van der Waals surface area contributed by atoms with Gasteiger partial charge in [-0.2, -0.15) is 0 Å². The zero-order valence-corrected chi connectivity index (χ0v) is 18.6. The van der Waals surface area contributed by atoms with E-state index in [2.05, 4.69) is 48.4 Å². The number of rotatable bonds is 6. The van der Waals surface area contributed by atoms with Gasteiger partial charge in [-0.3, -0.25) is 9.78 Å². The van der Waals surface area contributed by atoms with Gasteiger partial charge in [0.1, 0.15) is 11.0 Å². The van der Waals surface area contributed by atoms with E-state index >= 15 is 0 Å². The van der Waals surface area contributed by atoms with Crippen LogP contribution in [0, 0.1) is 5.92 Å². The molecule has 3 heterocycles. The molecule has 1 aliphatic carbocycles. The Morgan fingerprint density at radius 1 is 1.12 bits per heavy atom. The number of fused-ring (bicyclic) bond motifs is 2. The van der Waals surface area contributed by atoms with Gasteiger partial charge in [-0.25, -0.2) is 4.98 Å². The predicted molar refractivity (Wildman–Crippen MR) is 125 cm³/mol. The van der Waals surface area contributed by atoms with E-state index in [-0.39, 0.29) is 11.8 Å². The van der Waals surface area contributed by atoms with E-state index in [1.807, 2.05) is 6.07 Å². The van der Waals surface area contributed by atoms with Crippen molar-refractivity contribution in [2.75, 3.05) is 12.4 Å². The number of nitrogens with one attached hydrogen (secondary N) is 2. The maximum atomic E-state index is 12.9. The Kier molecular flexibility index (Phi) is 5.91. The summed E-state index contributed by atoms with van der Waals surface area (Å²) >= 11 is 1.41. The second-order valence-electron chi connectivity index (χ2n) is 8.07. The number of methoxy groups -OCH3 is 1. The van der Waals surface area contributed by atoms with Crippen molar-refractivity contribution in [1.82, 2.24) is 24.9 Å². The van der Waals surface area contributed by atoms with Crippen molar-refractivity contribution in [2.24, 2.45) is 5.92 Å². The minimum atomic E-state index is -0.000644. The van der Waals surface area contributed by atoms with Crippen LogP contribution in [0.1, 0.15) is 31.2 Å². The molecular weight excluding hydrogens is 424 g/mol. The standard InChI is InChI=1S/C23H24N6O2S/c1-31-21-9-7-17-22(27-21)18(10-11-24-17)26-23(30)15-3-5-16(6-4-15)25-13-14-2-8-20-19(12-14)28-29-32-20/h2,7-12,15-16,25H,3-6,13H2,1H3,(H,24,26,30)/t15-,16-. The second-order valence-corrected chi connectivity index (χ2v) is 8.86. The van der Waals surface area contributed by atoms with Gasteiger partial charge in [-0.1, -0.05) is 10.6 Å². The fourth-order valence-electron chi connectivity index (χ4n) is 4.22. The summed E-state index contributed by atoms with van der Waals surface area (Å²) in [6, 6.07) is 12.1. The van der Waals surface area contributed by atoms with Crippen LogP contribution in [0.15, 0.2) is 42.6 Å². The molecule has 4 aromatic rings. The van der Waals surface area contributed by atoms with Crippen molar-refractivity contribution in [2.45, 2.75) is 38.3 Å². The number of benzene rings is 1. The normalized spacial score (nSPS) is 18.7. The number of carbonyl (C=O) groups excluding carboxylic acids is 1. The Hall–Kier alpha value is -3.17. The van der Waals surface area contributed by atoms with Gasteiger partial charge in [-0.15, -0.1) is 5.10 Å². The molecule has 1 amide bonds. The zero-order valence-electron chi connectivity index (χ0n) is 17.7. The number of anilines is 1. The quantitative estimate of drug-likeness (QED) is 0.461. The molecule has 8 nitrogen and oxygen atoms in total. The molecule has 0 unspecified atom stereocenters. The van der Waals surface area contributed by atoms with Gasteiger partial charge in [0.25, 0.3) is 0 Å². The predicted octanol–water partition coefficient (Wildman–Crippen LogP) is 3.93. The maximum absolute atomic E-state index is 12.9. The minimum absolute atomic E-state index is 0.000644. The number of ether oxygens (including phenoxy) is 1. The van der Waals surface area contributed by atoms with E-state index in [1.54, 1.807) is 25.4 Å². The van der Waals surface area contributed by atoms with Crippen LogP contribution < -0.4 is 15.4 Å². The van der Waals surface area contributed by atoms with E-state index in [4.69, 9.17) is 4.74 Å². The number of hydrogen-bond acceptors (Lipinski definition) is 8. The third kappa shape index (κ3) is 4.39. The largest absolute Gasteiger partial charge is 0.481 e. The number of hydrogen-bond donors (Lipinski definition) is 2. The Labute approximate surface area is 189 Å². The molecule has 32 heavy (non-hydrogen) atoms. The van der Waals surface area contributed by atoms with Crippen LogP contribution in [0.3, 0.4) is 0 Å². The molecule has 5 rings (SSSR count). The molecule has 1 saturated carbocycles. The lowest BCUT2D eigenvalue weighted by molar-refractivity contribution is -0.120. The van der Waals surface area contributed by atoms with E-state index < -0.39 is 0 Å². The summed E-state index contributed by atoms with van der Waals surface area (Å²) in [6.07, 6.45) is 5.35. The Morgan fingerprint density at radius 2 is 2.00 bits per heavy atom. The molecular formula is C23H24N6O2S. The van der Waals surface area contributed by atoms with Gasteiger partial charge in [0.15, 0.2) is 0 Å². The van der Waals surface area contributed by atoms with Gasteiger partial charge < -0.3 is 15.4 Å². The number of amides is 1. The molecule has 1 aromatic carbocycles. The summed E-state index contributed by atoms with van der Waals surface area (Å²) in [5.41, 5.74) is 4.19. The Bertz CT molecular complexity index is 1250. The first-order chi connectivity index (χ1) is 15.7. The van der Waals surface area contributed by atoms with Crippen molar-refractivity contribution in [3.05, 3.63) is 48.2 Å². The number of nitrogens with zero attached hydrogens (tertiary/aromatic N) is 4. The van der Waals surface area contributed by atoms with Crippen molar-refractivity contribution in [1.29, 1.82) is 0 Å². The summed E-state index contributed by atoms with van der Waals surface area (Å²) in [5, 5.41) is 10.8. The molecule has 0 radical (unpaired) electrons. The van der Waals surface area contributed by atoms with Crippen LogP contribution in [0.2, 0.25) is 0 Å². The highest BCUT2D eigenvalue weighted by Gasteiger charge is 2.26. The molecule has 0 saturated heterocycles. The average molecular weight is 449 g/mol. The van der Waals surface area contributed by atoms with Gasteiger partial charge in [0.05, 0.1) is 23.0 Å². The number of aromatic nitrogens is 4. The molecule has 0 bridgehead atoms. The summed E-state index contributed by atoms with van der Waals surface area (Å²) in [7, 11) is 1.57. The van der Waals surface area contributed by atoms with E-state index in [0.29, 0.717) is 23.1 Å². The summed E-state index contributed by atoms with van der Waals surface area (Å²) < 4.78 is 10.3. The number of carbonyl (C=O) groups is 1. The monoisotopic (exact) mass is 448 g/mol. The van der Waals surface area contributed by atoms with Crippen LogP contribution in [0.5, 0.6) is 5.88 Å². The zero-order chi connectivity index (χ0) is 21.9. The van der Waals surface area contributed by atoms with Crippen LogP contribution in [0.4, 0.5) is 5.69 Å². The van der Waals surface area contributed by atoms with Crippen LogP contribution in [-0.4, -0.2) is 38.6 Å². The van der Waals surface area contributed by atoms with Gasteiger partial charge in [0, 0.05) is 30.8 Å². The SMILES string of the molecule is COc1ccc2nccc(NC(=O)[C@H]3CC[C@H](NCc4ccc5snnc5c4)CC3)c2n1. The topological polar surface area (TPSA) is 102 Å². The first-order valence-electron chi connectivity index (χ1n) is 10.7. The lowest BCUT2D eigenvalue weighted by atomic mass is 9.85. The van der Waals surface area contributed by atoms with Crippen LogP contribution in [0.25, 0.3) is 21.3 Å². The molecule has 3 aromatic heterocycles. The second kappa shape index (κ2) is 9.13. The smallest absolute Gasteiger partial charge is 0.227 e. The van der Waals surface area contributed by atoms with Crippen LogP contribution in [-0.2, 0) is 11.3 Å². The molecule has 0 atom stereocenters. The highest BCUT2D eigenvalue weighted by molar-refractivity contribution is 7.12. The van der Waals surface area contributed by atoms with Gasteiger partial charge in [-0.05, 0) is 67.0 Å².